The summed E-state index contributed by atoms with van der Waals surface area (Å²) in [5.41, 5.74) is 6.22. The maximum Gasteiger partial charge on any atom is 0.127 e. The number of benzene rings is 4. The number of pyridine rings is 1. The highest BCUT2D eigenvalue weighted by Gasteiger charge is 2.11. The van der Waals surface area contributed by atoms with Crippen LogP contribution in [0.5, 0.6) is 5.75 Å². The lowest BCUT2D eigenvalue weighted by Crippen LogP contribution is -2.04. The number of methoxy groups -OCH3 is 1. The first-order valence-corrected chi connectivity index (χ1v) is 11.5. The first-order chi connectivity index (χ1) is 17.2. The van der Waals surface area contributed by atoms with Gasteiger partial charge in [0.2, 0.25) is 0 Å². The molecule has 0 radical (unpaired) electrons. The molecule has 0 amide bonds. The lowest BCUT2D eigenvalue weighted by molar-refractivity contribution is 0.406. The van der Waals surface area contributed by atoms with E-state index in [1.54, 1.807) is 13.2 Å². The minimum Gasteiger partial charge on any atom is -0.496 e. The Morgan fingerprint density at radius 2 is 1.54 bits per heavy atom. The molecule has 174 valence electrons. The number of halogens is 1. The van der Waals surface area contributed by atoms with Gasteiger partial charge in [-0.15, -0.1) is 0 Å². The SMILES string of the molecule is COc1cc(F)ccc1CNc1cc(-c2ccccc2)c2cc(NCc3ccccc3)ccc2n1. The molecule has 5 aromatic rings. The number of ether oxygens (including phenoxy) is 1. The van der Waals surface area contributed by atoms with E-state index >= 15 is 0 Å². The molecule has 0 bridgehead atoms. The Hall–Kier alpha value is -4.38. The summed E-state index contributed by atoms with van der Waals surface area (Å²) in [6.45, 7) is 1.21. The van der Waals surface area contributed by atoms with Gasteiger partial charge in [0.05, 0.1) is 12.6 Å². The number of nitrogens with zero attached hydrogens (tertiary/aromatic N) is 1. The van der Waals surface area contributed by atoms with Crippen LogP contribution < -0.4 is 15.4 Å². The van der Waals surface area contributed by atoms with Crippen molar-refractivity contribution in [3.8, 4) is 16.9 Å². The predicted molar refractivity (Wildman–Crippen MR) is 141 cm³/mol. The fraction of sp³-hybridized carbons (Fsp3) is 0.100. The zero-order valence-corrected chi connectivity index (χ0v) is 19.5. The molecule has 0 aliphatic heterocycles. The van der Waals surface area contributed by atoms with Gasteiger partial charge in [0.25, 0.3) is 0 Å². The minimum absolute atomic E-state index is 0.322. The van der Waals surface area contributed by atoms with E-state index < -0.39 is 0 Å². The van der Waals surface area contributed by atoms with Crippen LogP contribution in [0.4, 0.5) is 15.9 Å². The Bertz CT molecular complexity index is 1440. The molecule has 0 aliphatic carbocycles. The second-order valence-corrected chi connectivity index (χ2v) is 8.30. The summed E-state index contributed by atoms with van der Waals surface area (Å²) in [5.74, 6) is 0.931. The van der Waals surface area contributed by atoms with Crippen molar-refractivity contribution < 1.29 is 9.13 Å². The van der Waals surface area contributed by atoms with Gasteiger partial charge < -0.3 is 15.4 Å². The molecule has 0 fully saturated rings. The Kier molecular flexibility index (Phi) is 6.57. The van der Waals surface area contributed by atoms with Crippen molar-refractivity contribution in [1.82, 2.24) is 4.98 Å². The second kappa shape index (κ2) is 10.3. The number of anilines is 2. The average molecular weight is 464 g/mol. The van der Waals surface area contributed by atoms with Crippen molar-refractivity contribution >= 4 is 22.4 Å². The molecule has 1 heterocycles. The van der Waals surface area contributed by atoms with Gasteiger partial charge in [0, 0.05) is 35.8 Å². The van der Waals surface area contributed by atoms with E-state index in [1.807, 2.05) is 42.5 Å². The van der Waals surface area contributed by atoms with Gasteiger partial charge in [-0.2, -0.15) is 0 Å². The number of fused-ring (bicyclic) bond motifs is 1. The highest BCUT2D eigenvalue weighted by Crippen LogP contribution is 2.32. The van der Waals surface area contributed by atoms with Gasteiger partial charge in [-0.05, 0) is 47.0 Å². The fourth-order valence-corrected chi connectivity index (χ4v) is 4.13. The molecule has 4 nitrogen and oxygen atoms in total. The van der Waals surface area contributed by atoms with E-state index in [-0.39, 0.29) is 5.82 Å². The summed E-state index contributed by atoms with van der Waals surface area (Å²) < 4.78 is 18.9. The van der Waals surface area contributed by atoms with Crippen LogP contribution >= 0.6 is 0 Å². The highest BCUT2D eigenvalue weighted by atomic mass is 19.1. The van der Waals surface area contributed by atoms with E-state index in [0.29, 0.717) is 12.3 Å². The van der Waals surface area contributed by atoms with Crippen molar-refractivity contribution in [3.05, 3.63) is 120 Å². The summed E-state index contributed by atoms with van der Waals surface area (Å²) in [5, 5.41) is 7.98. The number of aromatic nitrogens is 1. The Labute approximate surface area is 204 Å². The number of hydrogen-bond acceptors (Lipinski definition) is 4. The van der Waals surface area contributed by atoms with Gasteiger partial charge >= 0.3 is 0 Å². The van der Waals surface area contributed by atoms with E-state index in [1.165, 1.54) is 17.7 Å². The van der Waals surface area contributed by atoms with Crippen LogP contribution in [0, 0.1) is 5.82 Å². The number of nitrogens with one attached hydrogen (secondary N) is 2. The van der Waals surface area contributed by atoms with Crippen LogP contribution in [0.25, 0.3) is 22.0 Å². The Morgan fingerprint density at radius 1 is 0.771 bits per heavy atom. The van der Waals surface area contributed by atoms with Crippen LogP contribution in [0.1, 0.15) is 11.1 Å². The zero-order chi connectivity index (χ0) is 24.0. The molecule has 0 saturated heterocycles. The van der Waals surface area contributed by atoms with E-state index in [2.05, 4.69) is 53.1 Å². The molecular formula is C30H26FN3O. The largest absolute Gasteiger partial charge is 0.496 e. The normalized spacial score (nSPS) is 10.8. The van der Waals surface area contributed by atoms with Crippen LogP contribution in [0.3, 0.4) is 0 Å². The molecular weight excluding hydrogens is 437 g/mol. The van der Waals surface area contributed by atoms with Gasteiger partial charge in [0.15, 0.2) is 0 Å². The zero-order valence-electron chi connectivity index (χ0n) is 19.5. The van der Waals surface area contributed by atoms with Gasteiger partial charge in [0.1, 0.15) is 17.4 Å². The van der Waals surface area contributed by atoms with Gasteiger partial charge in [-0.3, -0.25) is 0 Å². The third-order valence-electron chi connectivity index (χ3n) is 5.94. The van der Waals surface area contributed by atoms with Crippen molar-refractivity contribution in [2.24, 2.45) is 0 Å². The smallest absolute Gasteiger partial charge is 0.127 e. The summed E-state index contributed by atoms with van der Waals surface area (Å²) in [6.07, 6.45) is 0. The molecule has 1 aromatic heterocycles. The quantitative estimate of drug-likeness (QED) is 0.254. The molecule has 5 heteroatoms. The number of rotatable bonds is 8. The van der Waals surface area contributed by atoms with Crippen LogP contribution in [-0.4, -0.2) is 12.1 Å². The molecule has 2 N–H and O–H groups in total. The minimum atomic E-state index is -0.322. The maximum absolute atomic E-state index is 13.6. The van der Waals surface area contributed by atoms with Crippen LogP contribution in [-0.2, 0) is 13.1 Å². The lowest BCUT2D eigenvalue weighted by atomic mass is 10.0. The van der Waals surface area contributed by atoms with E-state index in [0.717, 1.165) is 45.6 Å². The van der Waals surface area contributed by atoms with Crippen molar-refractivity contribution in [3.63, 3.8) is 0 Å². The summed E-state index contributed by atoms with van der Waals surface area (Å²) in [7, 11) is 1.55. The average Bonchev–Trinajstić information content (AvgIpc) is 2.91. The van der Waals surface area contributed by atoms with E-state index in [9.17, 15) is 4.39 Å². The third-order valence-corrected chi connectivity index (χ3v) is 5.94. The van der Waals surface area contributed by atoms with Crippen molar-refractivity contribution in [2.75, 3.05) is 17.7 Å². The predicted octanol–water partition coefficient (Wildman–Crippen LogP) is 7.27. The summed E-state index contributed by atoms with van der Waals surface area (Å²) in [4.78, 5) is 4.86. The molecule has 0 aliphatic rings. The molecule has 0 saturated carbocycles. The highest BCUT2D eigenvalue weighted by molar-refractivity contribution is 5.97. The molecule has 4 aromatic carbocycles. The summed E-state index contributed by atoms with van der Waals surface area (Å²) >= 11 is 0. The van der Waals surface area contributed by atoms with Gasteiger partial charge in [-0.25, -0.2) is 9.37 Å². The standard InChI is InChI=1S/C30H26FN3O/c1-35-29-16-24(31)13-12-23(29)20-33-30-18-26(22-10-6-3-7-11-22)27-17-25(14-15-28(27)34-30)32-19-21-8-4-2-5-9-21/h2-18,32H,19-20H2,1H3,(H,33,34). The maximum atomic E-state index is 13.6. The molecule has 0 atom stereocenters. The molecule has 0 spiro atoms. The monoisotopic (exact) mass is 463 g/mol. The molecule has 0 unspecified atom stereocenters. The molecule has 5 rings (SSSR count). The van der Waals surface area contributed by atoms with Crippen LogP contribution in [0.15, 0.2) is 103 Å². The first kappa shape index (κ1) is 22.4. The van der Waals surface area contributed by atoms with Crippen LogP contribution in [0.2, 0.25) is 0 Å². The number of hydrogen-bond donors (Lipinski definition) is 2. The Morgan fingerprint density at radius 3 is 2.31 bits per heavy atom. The topological polar surface area (TPSA) is 46.2 Å². The third kappa shape index (κ3) is 5.25. The first-order valence-electron chi connectivity index (χ1n) is 11.5. The van der Waals surface area contributed by atoms with E-state index in [4.69, 9.17) is 9.72 Å². The Balaban J connectivity index is 1.47. The summed E-state index contributed by atoms with van der Waals surface area (Å²) in [6, 6.07) is 33.5. The second-order valence-electron chi connectivity index (χ2n) is 8.30. The van der Waals surface area contributed by atoms with Crippen molar-refractivity contribution in [1.29, 1.82) is 0 Å². The van der Waals surface area contributed by atoms with Gasteiger partial charge in [-0.1, -0.05) is 66.7 Å². The fourth-order valence-electron chi connectivity index (χ4n) is 4.13. The lowest BCUT2D eigenvalue weighted by Gasteiger charge is -2.15. The molecule has 35 heavy (non-hydrogen) atoms. The van der Waals surface area contributed by atoms with Crippen molar-refractivity contribution in [2.45, 2.75) is 13.1 Å².